The summed E-state index contributed by atoms with van der Waals surface area (Å²) >= 11 is 5.87. The molecule has 0 atom stereocenters. The minimum absolute atomic E-state index is 0.131. The second-order valence-corrected chi connectivity index (χ2v) is 5.43. The molecule has 2 heterocycles. The lowest BCUT2D eigenvalue weighted by Crippen LogP contribution is -2.30. The molecule has 3 rings (SSSR count). The monoisotopic (exact) mass is 302 g/mol. The molecule has 0 N–H and O–H groups in total. The smallest absolute Gasteiger partial charge is 0.283 e. The second kappa shape index (κ2) is 5.71. The summed E-state index contributed by atoms with van der Waals surface area (Å²) in [7, 11) is 1.95. The summed E-state index contributed by atoms with van der Waals surface area (Å²) in [5.41, 5.74) is 1.66. The lowest BCUT2D eigenvalue weighted by atomic mass is 10.2. The highest BCUT2D eigenvalue weighted by Crippen LogP contribution is 2.11. The lowest BCUT2D eigenvalue weighted by molar-refractivity contribution is 0.242. The standard InChI is InChI=1S/C15H15ClN4O/c1-18(10-12-5-7-13(16)8-6-12)11-20-15(21)19-9-3-2-4-14(19)17-20/h2-9H,10-11H2,1H3. The third-order valence-corrected chi connectivity index (χ3v) is 3.48. The van der Waals surface area contributed by atoms with Crippen molar-refractivity contribution >= 4 is 17.2 Å². The Morgan fingerprint density at radius 2 is 1.95 bits per heavy atom. The molecule has 1 aromatic carbocycles. The third kappa shape index (κ3) is 2.99. The van der Waals surface area contributed by atoms with Gasteiger partial charge in [-0.1, -0.05) is 29.8 Å². The molecule has 0 aliphatic rings. The molecular formula is C15H15ClN4O. The Morgan fingerprint density at radius 3 is 2.67 bits per heavy atom. The van der Waals surface area contributed by atoms with Crippen molar-refractivity contribution in [1.29, 1.82) is 0 Å². The Labute approximate surface area is 127 Å². The van der Waals surface area contributed by atoms with Crippen LogP contribution in [0.4, 0.5) is 0 Å². The van der Waals surface area contributed by atoms with Crippen LogP contribution in [0.2, 0.25) is 5.02 Å². The molecule has 0 saturated heterocycles. The number of pyridine rings is 1. The van der Waals surface area contributed by atoms with Crippen LogP contribution in [0.25, 0.3) is 5.65 Å². The maximum Gasteiger partial charge on any atom is 0.351 e. The van der Waals surface area contributed by atoms with Gasteiger partial charge in [0, 0.05) is 17.8 Å². The van der Waals surface area contributed by atoms with Gasteiger partial charge >= 0.3 is 5.69 Å². The molecule has 5 nitrogen and oxygen atoms in total. The first-order chi connectivity index (χ1) is 10.1. The van der Waals surface area contributed by atoms with Gasteiger partial charge in [-0.05, 0) is 36.9 Å². The molecule has 21 heavy (non-hydrogen) atoms. The highest BCUT2D eigenvalue weighted by atomic mass is 35.5. The van der Waals surface area contributed by atoms with Crippen LogP contribution in [0.1, 0.15) is 5.56 Å². The van der Waals surface area contributed by atoms with Crippen LogP contribution < -0.4 is 5.69 Å². The van der Waals surface area contributed by atoms with E-state index in [-0.39, 0.29) is 5.69 Å². The fraction of sp³-hybridized carbons (Fsp3) is 0.200. The van der Waals surface area contributed by atoms with Crippen molar-refractivity contribution in [3.63, 3.8) is 0 Å². The first-order valence-corrected chi connectivity index (χ1v) is 6.98. The van der Waals surface area contributed by atoms with E-state index in [4.69, 9.17) is 11.6 Å². The number of hydrogen-bond acceptors (Lipinski definition) is 3. The SMILES string of the molecule is CN(Cc1ccc(Cl)cc1)Cn1nc2ccccn2c1=O. The van der Waals surface area contributed by atoms with E-state index in [9.17, 15) is 4.79 Å². The van der Waals surface area contributed by atoms with Crippen LogP contribution in [0.3, 0.4) is 0 Å². The maximum absolute atomic E-state index is 12.2. The molecule has 0 bridgehead atoms. The molecule has 0 fully saturated rings. The number of rotatable bonds is 4. The predicted octanol–water partition coefficient (Wildman–Crippen LogP) is 2.24. The lowest BCUT2D eigenvalue weighted by Gasteiger charge is -2.15. The number of fused-ring (bicyclic) bond motifs is 1. The summed E-state index contributed by atoms with van der Waals surface area (Å²) in [5.74, 6) is 0. The Kier molecular flexibility index (Phi) is 3.77. The number of nitrogens with zero attached hydrogens (tertiary/aromatic N) is 4. The highest BCUT2D eigenvalue weighted by molar-refractivity contribution is 6.30. The number of halogens is 1. The minimum Gasteiger partial charge on any atom is -0.283 e. The first kappa shape index (κ1) is 13.9. The van der Waals surface area contributed by atoms with Crippen molar-refractivity contribution < 1.29 is 0 Å². The quantitative estimate of drug-likeness (QED) is 0.742. The van der Waals surface area contributed by atoms with Crippen molar-refractivity contribution in [1.82, 2.24) is 19.1 Å². The largest absolute Gasteiger partial charge is 0.351 e. The van der Waals surface area contributed by atoms with Crippen LogP contribution in [0.15, 0.2) is 53.5 Å². The molecule has 0 unspecified atom stereocenters. The maximum atomic E-state index is 12.2. The zero-order valence-corrected chi connectivity index (χ0v) is 12.4. The third-order valence-electron chi connectivity index (χ3n) is 3.23. The molecule has 3 aromatic rings. The van der Waals surface area contributed by atoms with Gasteiger partial charge in [0.05, 0.1) is 6.67 Å². The molecule has 108 valence electrons. The Hall–Kier alpha value is -2.11. The average Bonchev–Trinajstić information content (AvgIpc) is 2.78. The Bertz CT molecular complexity index is 806. The fourth-order valence-electron chi connectivity index (χ4n) is 2.24. The van der Waals surface area contributed by atoms with Crippen molar-refractivity contribution in [2.75, 3.05) is 7.05 Å². The summed E-state index contributed by atoms with van der Waals surface area (Å²) in [6.07, 6.45) is 1.72. The molecular weight excluding hydrogens is 288 g/mol. The van der Waals surface area contributed by atoms with E-state index in [1.807, 2.05) is 54.4 Å². The minimum atomic E-state index is -0.131. The van der Waals surface area contributed by atoms with Crippen molar-refractivity contribution in [2.45, 2.75) is 13.2 Å². The molecule has 6 heteroatoms. The van der Waals surface area contributed by atoms with Crippen LogP contribution in [0.5, 0.6) is 0 Å². The second-order valence-electron chi connectivity index (χ2n) is 4.99. The van der Waals surface area contributed by atoms with Crippen molar-refractivity contribution in [2.24, 2.45) is 0 Å². The molecule has 0 aliphatic carbocycles. The Morgan fingerprint density at radius 1 is 1.19 bits per heavy atom. The Balaban J connectivity index is 1.77. The topological polar surface area (TPSA) is 42.5 Å². The van der Waals surface area contributed by atoms with Crippen molar-refractivity contribution in [3.05, 3.63) is 69.7 Å². The molecule has 0 saturated carbocycles. The van der Waals surface area contributed by atoms with E-state index in [1.54, 1.807) is 6.20 Å². The zero-order valence-electron chi connectivity index (χ0n) is 11.6. The normalized spacial score (nSPS) is 11.4. The molecule has 0 amide bonds. The molecule has 2 aromatic heterocycles. The van der Waals surface area contributed by atoms with E-state index in [2.05, 4.69) is 5.10 Å². The molecule has 0 radical (unpaired) electrons. The van der Waals surface area contributed by atoms with Gasteiger partial charge in [0.1, 0.15) is 0 Å². The summed E-state index contributed by atoms with van der Waals surface area (Å²) in [4.78, 5) is 14.2. The average molecular weight is 303 g/mol. The van der Waals surface area contributed by atoms with E-state index in [0.717, 1.165) is 17.1 Å². The van der Waals surface area contributed by atoms with Gasteiger partial charge in [-0.15, -0.1) is 5.10 Å². The van der Waals surface area contributed by atoms with Crippen molar-refractivity contribution in [3.8, 4) is 0 Å². The summed E-state index contributed by atoms with van der Waals surface area (Å²) in [6.45, 7) is 1.15. The van der Waals surface area contributed by atoms with Crippen LogP contribution >= 0.6 is 11.6 Å². The van der Waals surface area contributed by atoms with Crippen LogP contribution in [-0.2, 0) is 13.2 Å². The van der Waals surface area contributed by atoms with Gasteiger partial charge in [0.2, 0.25) is 0 Å². The predicted molar refractivity (Wildman–Crippen MR) is 82.4 cm³/mol. The fourth-order valence-corrected chi connectivity index (χ4v) is 2.37. The highest BCUT2D eigenvalue weighted by Gasteiger charge is 2.08. The van der Waals surface area contributed by atoms with E-state index >= 15 is 0 Å². The molecule has 0 spiro atoms. The van der Waals surface area contributed by atoms with Crippen LogP contribution in [0, 0.1) is 0 Å². The first-order valence-electron chi connectivity index (χ1n) is 6.61. The van der Waals surface area contributed by atoms with Gasteiger partial charge in [0.25, 0.3) is 0 Å². The van der Waals surface area contributed by atoms with Gasteiger partial charge in [-0.2, -0.15) is 4.68 Å². The number of hydrogen-bond donors (Lipinski definition) is 0. The van der Waals surface area contributed by atoms with E-state index in [0.29, 0.717) is 12.3 Å². The molecule has 0 aliphatic heterocycles. The summed E-state index contributed by atoms with van der Waals surface area (Å²) < 4.78 is 3.00. The van der Waals surface area contributed by atoms with E-state index in [1.165, 1.54) is 9.08 Å². The summed E-state index contributed by atoms with van der Waals surface area (Å²) in [6, 6.07) is 13.2. The van der Waals surface area contributed by atoms with Crippen LogP contribution in [-0.4, -0.2) is 26.1 Å². The van der Waals surface area contributed by atoms with Gasteiger partial charge in [-0.25, -0.2) is 4.79 Å². The van der Waals surface area contributed by atoms with E-state index < -0.39 is 0 Å². The van der Waals surface area contributed by atoms with Gasteiger partial charge < -0.3 is 0 Å². The number of benzene rings is 1. The number of aromatic nitrogens is 3. The van der Waals surface area contributed by atoms with Gasteiger partial charge in [-0.3, -0.25) is 9.30 Å². The van der Waals surface area contributed by atoms with Gasteiger partial charge in [0.15, 0.2) is 5.65 Å². The zero-order chi connectivity index (χ0) is 14.8. The summed E-state index contributed by atoms with van der Waals surface area (Å²) in [5, 5.41) is 5.03.